The smallest absolute Gasteiger partial charge is 0.293 e. The van der Waals surface area contributed by atoms with E-state index >= 15 is 0 Å². The van der Waals surface area contributed by atoms with Gasteiger partial charge < -0.3 is 14.2 Å². The highest BCUT2D eigenvalue weighted by Gasteiger charge is 2.34. The van der Waals surface area contributed by atoms with E-state index in [2.05, 4.69) is 38.5 Å². The second-order valence-corrected chi connectivity index (χ2v) is 9.95. The van der Waals surface area contributed by atoms with Crippen LogP contribution in [0.25, 0.3) is 6.08 Å². The van der Waals surface area contributed by atoms with Gasteiger partial charge in [-0.3, -0.25) is 14.5 Å². The zero-order valence-electron chi connectivity index (χ0n) is 17.7. The Hall–Kier alpha value is -1.56. The van der Waals surface area contributed by atoms with E-state index in [1.807, 2.05) is 43.3 Å². The summed E-state index contributed by atoms with van der Waals surface area (Å²) in [5.41, 5.74) is 1.79. The quantitative estimate of drug-likeness (QED) is 0.179. The molecular formula is C23H23BrINO5S. The van der Waals surface area contributed by atoms with Crippen LogP contribution >= 0.6 is 50.3 Å². The second-order valence-electron chi connectivity index (χ2n) is 6.86. The number of rotatable bonds is 10. The average molecular weight is 632 g/mol. The number of hydrogen-bond donors (Lipinski definition) is 0. The third kappa shape index (κ3) is 6.49. The van der Waals surface area contributed by atoms with E-state index in [1.165, 1.54) is 4.90 Å². The lowest BCUT2D eigenvalue weighted by molar-refractivity contribution is -0.122. The fourth-order valence-electron chi connectivity index (χ4n) is 3.02. The van der Waals surface area contributed by atoms with Crippen molar-refractivity contribution in [1.82, 2.24) is 4.90 Å². The molecular weight excluding hydrogens is 609 g/mol. The highest BCUT2D eigenvalue weighted by atomic mass is 127. The first-order valence-corrected chi connectivity index (χ1v) is 12.7. The molecule has 0 atom stereocenters. The topological polar surface area (TPSA) is 65.1 Å². The summed E-state index contributed by atoms with van der Waals surface area (Å²) in [5.74, 6) is 0.873. The lowest BCUT2D eigenvalue weighted by atomic mass is 10.1. The van der Waals surface area contributed by atoms with Crippen LogP contribution in [-0.2, 0) is 16.1 Å². The number of halogens is 2. The summed E-state index contributed by atoms with van der Waals surface area (Å²) < 4.78 is 18.7. The molecule has 0 unspecified atom stereocenters. The summed E-state index contributed by atoms with van der Waals surface area (Å²) in [6.07, 6.45) is 2.31. The molecule has 0 saturated carbocycles. The van der Waals surface area contributed by atoms with Crippen LogP contribution in [-0.4, -0.2) is 42.9 Å². The summed E-state index contributed by atoms with van der Waals surface area (Å²) in [6.45, 7) is 3.60. The van der Waals surface area contributed by atoms with Gasteiger partial charge in [0.1, 0.15) is 6.61 Å². The van der Waals surface area contributed by atoms with E-state index < -0.39 is 0 Å². The molecule has 1 aliphatic rings. The third-order valence-electron chi connectivity index (χ3n) is 4.53. The molecule has 0 spiro atoms. The van der Waals surface area contributed by atoms with Gasteiger partial charge in [0.25, 0.3) is 11.1 Å². The molecule has 0 bridgehead atoms. The van der Waals surface area contributed by atoms with Gasteiger partial charge in [0.15, 0.2) is 11.5 Å². The van der Waals surface area contributed by atoms with Gasteiger partial charge in [-0.1, -0.05) is 12.1 Å². The van der Waals surface area contributed by atoms with Gasteiger partial charge in [-0.2, -0.15) is 0 Å². The van der Waals surface area contributed by atoms with Crippen LogP contribution in [0.3, 0.4) is 0 Å². The van der Waals surface area contributed by atoms with Crippen molar-refractivity contribution in [3.8, 4) is 11.5 Å². The van der Waals surface area contributed by atoms with Gasteiger partial charge >= 0.3 is 0 Å². The van der Waals surface area contributed by atoms with Crippen molar-refractivity contribution in [3.63, 3.8) is 0 Å². The van der Waals surface area contributed by atoms with Gasteiger partial charge in [-0.15, -0.1) is 0 Å². The predicted molar refractivity (Wildman–Crippen MR) is 138 cm³/mol. The summed E-state index contributed by atoms with van der Waals surface area (Å²) >= 11 is 6.77. The first kappa shape index (κ1) is 25.1. The Labute approximate surface area is 213 Å². The Balaban J connectivity index is 1.80. The van der Waals surface area contributed by atoms with Crippen LogP contribution in [0, 0.1) is 3.57 Å². The van der Waals surface area contributed by atoms with Crippen LogP contribution in [0.4, 0.5) is 4.79 Å². The number of carbonyl (C=O) groups excluding carboxylic acids is 2. The fraction of sp³-hybridized carbons (Fsp3) is 0.304. The first-order chi connectivity index (χ1) is 15.4. The van der Waals surface area contributed by atoms with Crippen LogP contribution in [0.1, 0.15) is 24.5 Å². The van der Waals surface area contributed by atoms with Crippen molar-refractivity contribution in [2.24, 2.45) is 0 Å². The van der Waals surface area contributed by atoms with E-state index in [4.69, 9.17) is 14.2 Å². The summed E-state index contributed by atoms with van der Waals surface area (Å²) in [4.78, 5) is 26.6. The van der Waals surface area contributed by atoms with Gasteiger partial charge in [0, 0.05) is 23.8 Å². The van der Waals surface area contributed by atoms with Crippen molar-refractivity contribution in [1.29, 1.82) is 0 Å². The molecule has 6 nitrogen and oxygen atoms in total. The number of carbonyl (C=O) groups is 2. The molecule has 0 aromatic heterocycles. The molecule has 9 heteroatoms. The largest absolute Gasteiger partial charge is 0.490 e. The number of methoxy groups -OCH3 is 1. The lowest BCUT2D eigenvalue weighted by Gasteiger charge is -2.15. The zero-order valence-corrected chi connectivity index (χ0v) is 22.3. The molecule has 0 radical (unpaired) electrons. The maximum Gasteiger partial charge on any atom is 0.293 e. The molecule has 2 aromatic carbocycles. The molecule has 1 heterocycles. The molecule has 1 fully saturated rings. The number of nitrogens with zero attached hydrogens (tertiary/aromatic N) is 1. The monoisotopic (exact) mass is 631 g/mol. The van der Waals surface area contributed by atoms with Crippen molar-refractivity contribution >= 4 is 67.5 Å². The molecule has 2 amide bonds. The van der Waals surface area contributed by atoms with E-state index in [-0.39, 0.29) is 11.1 Å². The maximum atomic E-state index is 12.7. The molecule has 0 N–H and O–H groups in total. The Kier molecular flexibility index (Phi) is 9.45. The number of benzene rings is 2. The van der Waals surface area contributed by atoms with Gasteiger partial charge in [-0.25, -0.2) is 0 Å². The summed E-state index contributed by atoms with van der Waals surface area (Å²) in [5, 5.41) is -0.265. The van der Waals surface area contributed by atoms with Crippen LogP contribution < -0.4 is 9.47 Å². The van der Waals surface area contributed by atoms with Gasteiger partial charge in [0.2, 0.25) is 0 Å². The van der Waals surface area contributed by atoms with Crippen molar-refractivity contribution in [2.45, 2.75) is 20.0 Å². The number of ether oxygens (including phenoxy) is 3. The molecule has 2 aromatic rings. The Morgan fingerprint density at radius 1 is 1.16 bits per heavy atom. The standard InChI is InChI=1S/C23H23BrINO5S/c1-3-30-19-12-16(13-20-22(27)26(23(28)32-20)9-4-10-29-2)11-18(24)21(19)31-14-15-5-7-17(25)8-6-15/h5-8,11-13H,3-4,9-10,14H2,1-2H3/b20-13+. The van der Waals surface area contributed by atoms with Crippen molar-refractivity contribution in [3.05, 3.63) is 60.5 Å². The van der Waals surface area contributed by atoms with E-state index in [0.29, 0.717) is 53.7 Å². The fourth-order valence-corrected chi connectivity index (χ4v) is 4.82. The minimum absolute atomic E-state index is 0.265. The lowest BCUT2D eigenvalue weighted by Crippen LogP contribution is -2.29. The predicted octanol–water partition coefficient (Wildman–Crippen LogP) is 6.10. The third-order valence-corrected chi connectivity index (χ3v) is 6.75. The normalized spacial score (nSPS) is 15.0. The highest BCUT2D eigenvalue weighted by molar-refractivity contribution is 14.1. The summed E-state index contributed by atoms with van der Waals surface area (Å²) in [6, 6.07) is 11.8. The summed E-state index contributed by atoms with van der Waals surface area (Å²) in [7, 11) is 1.59. The van der Waals surface area contributed by atoms with Crippen LogP contribution in [0.15, 0.2) is 45.8 Å². The minimum atomic E-state index is -0.288. The number of amides is 2. The molecule has 170 valence electrons. The van der Waals surface area contributed by atoms with Crippen molar-refractivity contribution < 1.29 is 23.8 Å². The van der Waals surface area contributed by atoms with E-state index in [1.54, 1.807) is 13.2 Å². The van der Waals surface area contributed by atoms with Gasteiger partial charge in [-0.05, 0) is 105 Å². The zero-order chi connectivity index (χ0) is 23.1. The molecule has 1 saturated heterocycles. The number of thioether (sulfide) groups is 1. The number of hydrogen-bond acceptors (Lipinski definition) is 6. The van der Waals surface area contributed by atoms with Gasteiger partial charge in [0.05, 0.1) is 16.0 Å². The maximum absolute atomic E-state index is 12.7. The minimum Gasteiger partial charge on any atom is -0.490 e. The van der Waals surface area contributed by atoms with Crippen molar-refractivity contribution in [2.75, 3.05) is 26.9 Å². The Morgan fingerprint density at radius 2 is 1.91 bits per heavy atom. The highest BCUT2D eigenvalue weighted by Crippen LogP contribution is 2.39. The second kappa shape index (κ2) is 12.1. The first-order valence-electron chi connectivity index (χ1n) is 10.0. The number of imide groups is 1. The van der Waals surface area contributed by atoms with Crippen LogP contribution in [0.5, 0.6) is 11.5 Å². The van der Waals surface area contributed by atoms with E-state index in [9.17, 15) is 9.59 Å². The molecule has 32 heavy (non-hydrogen) atoms. The Morgan fingerprint density at radius 3 is 2.59 bits per heavy atom. The molecule has 1 aliphatic heterocycles. The van der Waals surface area contributed by atoms with Crippen LogP contribution in [0.2, 0.25) is 0 Å². The molecule has 3 rings (SSSR count). The average Bonchev–Trinajstić information content (AvgIpc) is 3.02. The molecule has 0 aliphatic carbocycles. The SMILES string of the molecule is CCOc1cc(/C=C2/SC(=O)N(CCCOC)C2=O)cc(Br)c1OCc1ccc(I)cc1. The Bertz CT molecular complexity index is 1010. The van der Waals surface area contributed by atoms with E-state index in [0.717, 1.165) is 26.5 Å².